The third kappa shape index (κ3) is 4.70. The first-order valence-corrected chi connectivity index (χ1v) is 9.33. The molecule has 0 amide bonds. The summed E-state index contributed by atoms with van der Waals surface area (Å²) in [6.07, 6.45) is 4.90. The zero-order valence-electron chi connectivity index (χ0n) is 15.7. The van der Waals surface area contributed by atoms with Crippen LogP contribution < -0.4 is 0 Å². The fraction of sp³-hybridized carbons (Fsp3) is 0.240. The highest BCUT2D eigenvalue weighted by Crippen LogP contribution is 2.17. The molecule has 0 N–H and O–H groups in total. The molecule has 0 radical (unpaired) electrons. The van der Waals surface area contributed by atoms with Crippen molar-refractivity contribution in [1.29, 1.82) is 0 Å². The first-order chi connectivity index (χ1) is 12.7. The van der Waals surface area contributed by atoms with Gasteiger partial charge >= 0.3 is 0 Å². The molecule has 1 nitrogen and oxygen atoms in total. The van der Waals surface area contributed by atoms with Crippen molar-refractivity contribution in [3.8, 4) is 0 Å². The summed E-state index contributed by atoms with van der Waals surface area (Å²) in [5.41, 5.74) is 8.70. The number of aryl methyl sites for hydroxylation is 6. The predicted molar refractivity (Wildman–Crippen MR) is 109 cm³/mol. The smallest absolute Gasteiger partial charge is 0.150 e. The third-order valence-electron chi connectivity index (χ3n) is 5.10. The van der Waals surface area contributed by atoms with Gasteiger partial charge in [-0.05, 0) is 85.0 Å². The van der Waals surface area contributed by atoms with Crippen LogP contribution in [0, 0.1) is 13.8 Å². The maximum atomic E-state index is 11.4. The SMILES string of the molecule is Cc1ccccc1CCc1cc(C=O)cc(CCc2ccccc2C)c1. The normalized spacial score (nSPS) is 10.7. The van der Waals surface area contributed by atoms with Crippen LogP contribution in [-0.2, 0) is 25.7 Å². The van der Waals surface area contributed by atoms with Crippen molar-refractivity contribution in [3.63, 3.8) is 0 Å². The highest BCUT2D eigenvalue weighted by atomic mass is 16.1. The van der Waals surface area contributed by atoms with Gasteiger partial charge in [0, 0.05) is 5.56 Å². The lowest BCUT2D eigenvalue weighted by Crippen LogP contribution is -1.99. The average Bonchev–Trinajstić information content (AvgIpc) is 2.66. The zero-order valence-corrected chi connectivity index (χ0v) is 15.7. The van der Waals surface area contributed by atoms with E-state index in [0.717, 1.165) is 37.5 Å². The second-order valence-corrected chi connectivity index (χ2v) is 7.05. The number of hydrogen-bond donors (Lipinski definition) is 0. The molecule has 0 aliphatic carbocycles. The molecule has 0 saturated carbocycles. The average molecular weight is 342 g/mol. The summed E-state index contributed by atoms with van der Waals surface area (Å²) in [6.45, 7) is 4.32. The Hall–Kier alpha value is -2.67. The van der Waals surface area contributed by atoms with Crippen molar-refractivity contribution in [1.82, 2.24) is 0 Å². The Balaban J connectivity index is 1.73. The van der Waals surface area contributed by atoms with E-state index in [1.165, 1.54) is 33.4 Å². The van der Waals surface area contributed by atoms with Crippen LogP contribution in [-0.4, -0.2) is 6.29 Å². The molecule has 3 aromatic rings. The Kier molecular flexibility index (Phi) is 6.01. The van der Waals surface area contributed by atoms with Gasteiger partial charge in [0.25, 0.3) is 0 Å². The van der Waals surface area contributed by atoms with E-state index in [0.29, 0.717) is 0 Å². The molecule has 26 heavy (non-hydrogen) atoms. The number of carbonyl (C=O) groups is 1. The van der Waals surface area contributed by atoms with Crippen LogP contribution in [0.1, 0.15) is 43.7 Å². The van der Waals surface area contributed by atoms with Crippen LogP contribution in [0.15, 0.2) is 66.7 Å². The van der Waals surface area contributed by atoms with Crippen molar-refractivity contribution < 1.29 is 4.79 Å². The van der Waals surface area contributed by atoms with E-state index in [9.17, 15) is 4.79 Å². The Morgan fingerprint density at radius 3 is 1.54 bits per heavy atom. The Labute approximate surface area is 156 Å². The number of aldehydes is 1. The molecule has 0 fully saturated rings. The minimum absolute atomic E-state index is 0.784. The molecule has 3 aromatic carbocycles. The van der Waals surface area contributed by atoms with Crippen molar-refractivity contribution in [2.75, 3.05) is 0 Å². The lowest BCUT2D eigenvalue weighted by Gasteiger charge is -2.10. The van der Waals surface area contributed by atoms with Crippen molar-refractivity contribution in [2.45, 2.75) is 39.5 Å². The Bertz CT molecular complexity index is 824. The summed E-state index contributed by atoms with van der Waals surface area (Å²) < 4.78 is 0. The maximum Gasteiger partial charge on any atom is 0.150 e. The molecule has 1 heteroatoms. The lowest BCUT2D eigenvalue weighted by molar-refractivity contribution is 0.112. The largest absolute Gasteiger partial charge is 0.298 e. The van der Waals surface area contributed by atoms with Crippen LogP contribution >= 0.6 is 0 Å². The predicted octanol–water partition coefficient (Wildman–Crippen LogP) is 5.69. The van der Waals surface area contributed by atoms with Gasteiger partial charge in [-0.25, -0.2) is 0 Å². The second-order valence-electron chi connectivity index (χ2n) is 7.05. The second kappa shape index (κ2) is 8.62. The molecule has 0 bridgehead atoms. The third-order valence-corrected chi connectivity index (χ3v) is 5.10. The van der Waals surface area contributed by atoms with Crippen LogP contribution in [0.3, 0.4) is 0 Å². The van der Waals surface area contributed by atoms with Gasteiger partial charge < -0.3 is 0 Å². The minimum atomic E-state index is 0.784. The molecule has 0 spiro atoms. The summed E-state index contributed by atoms with van der Waals surface area (Å²) in [5, 5.41) is 0. The summed E-state index contributed by atoms with van der Waals surface area (Å²) >= 11 is 0. The maximum absolute atomic E-state index is 11.4. The van der Waals surface area contributed by atoms with Gasteiger partial charge in [0.1, 0.15) is 6.29 Å². The van der Waals surface area contributed by atoms with Crippen LogP contribution in [0.5, 0.6) is 0 Å². The number of benzene rings is 3. The van der Waals surface area contributed by atoms with Gasteiger partial charge in [-0.15, -0.1) is 0 Å². The van der Waals surface area contributed by atoms with E-state index in [1.54, 1.807) is 0 Å². The molecule has 0 aliphatic rings. The van der Waals surface area contributed by atoms with E-state index >= 15 is 0 Å². The highest BCUT2D eigenvalue weighted by Gasteiger charge is 2.05. The number of carbonyl (C=O) groups excluding carboxylic acids is 1. The van der Waals surface area contributed by atoms with E-state index in [1.807, 2.05) is 12.1 Å². The summed E-state index contributed by atoms with van der Waals surface area (Å²) in [4.78, 5) is 11.4. The van der Waals surface area contributed by atoms with Crippen molar-refractivity contribution in [2.24, 2.45) is 0 Å². The van der Waals surface area contributed by atoms with Crippen molar-refractivity contribution in [3.05, 3.63) is 106 Å². The van der Waals surface area contributed by atoms with Crippen LogP contribution in [0.25, 0.3) is 0 Å². The fourth-order valence-corrected chi connectivity index (χ4v) is 3.49. The van der Waals surface area contributed by atoms with E-state index in [4.69, 9.17) is 0 Å². The molecule has 132 valence electrons. The van der Waals surface area contributed by atoms with Crippen LogP contribution in [0.2, 0.25) is 0 Å². The topological polar surface area (TPSA) is 17.1 Å². The quantitative estimate of drug-likeness (QED) is 0.504. The highest BCUT2D eigenvalue weighted by molar-refractivity contribution is 5.75. The first-order valence-electron chi connectivity index (χ1n) is 9.33. The molecule has 0 aromatic heterocycles. The first kappa shape index (κ1) is 18.1. The summed E-state index contributed by atoms with van der Waals surface area (Å²) in [6, 6.07) is 23.4. The summed E-state index contributed by atoms with van der Waals surface area (Å²) in [7, 11) is 0. The van der Waals surface area contributed by atoms with Gasteiger partial charge in [-0.3, -0.25) is 4.79 Å². The fourth-order valence-electron chi connectivity index (χ4n) is 3.49. The summed E-state index contributed by atoms with van der Waals surface area (Å²) in [5.74, 6) is 0. The number of rotatable bonds is 7. The Morgan fingerprint density at radius 2 is 1.12 bits per heavy atom. The van der Waals surface area contributed by atoms with E-state index in [2.05, 4.69) is 68.4 Å². The van der Waals surface area contributed by atoms with Gasteiger partial charge in [-0.1, -0.05) is 54.6 Å². The molecule has 0 heterocycles. The number of hydrogen-bond acceptors (Lipinski definition) is 1. The van der Waals surface area contributed by atoms with E-state index < -0.39 is 0 Å². The van der Waals surface area contributed by atoms with Gasteiger partial charge in [0.2, 0.25) is 0 Å². The van der Waals surface area contributed by atoms with Gasteiger partial charge in [0.15, 0.2) is 0 Å². The molecule has 0 unspecified atom stereocenters. The van der Waals surface area contributed by atoms with E-state index in [-0.39, 0.29) is 0 Å². The molecule has 0 atom stereocenters. The minimum Gasteiger partial charge on any atom is -0.298 e. The molecule has 0 aliphatic heterocycles. The molecule has 0 saturated heterocycles. The molecular formula is C25H26O. The Morgan fingerprint density at radius 1 is 0.654 bits per heavy atom. The molecule has 3 rings (SSSR count). The van der Waals surface area contributed by atoms with Gasteiger partial charge in [-0.2, -0.15) is 0 Å². The van der Waals surface area contributed by atoms with Gasteiger partial charge in [0.05, 0.1) is 0 Å². The monoisotopic (exact) mass is 342 g/mol. The van der Waals surface area contributed by atoms with Crippen molar-refractivity contribution >= 4 is 6.29 Å². The van der Waals surface area contributed by atoms with Crippen LogP contribution in [0.4, 0.5) is 0 Å². The zero-order chi connectivity index (χ0) is 18.4. The molecular weight excluding hydrogens is 316 g/mol. The standard InChI is InChI=1S/C25H26O/c1-19-7-3-5-9-24(19)13-11-21-15-22(17-23(16-21)18-26)12-14-25-10-6-4-8-20(25)2/h3-10,15-18H,11-14H2,1-2H3. The lowest BCUT2D eigenvalue weighted by atomic mass is 9.95.